The van der Waals surface area contributed by atoms with E-state index in [-0.39, 0.29) is 12.8 Å². The van der Waals surface area contributed by atoms with Gasteiger partial charge in [0.2, 0.25) is 0 Å². The summed E-state index contributed by atoms with van der Waals surface area (Å²) in [6.07, 6.45) is -0.323. The molecule has 0 bridgehead atoms. The molecule has 0 saturated carbocycles. The van der Waals surface area contributed by atoms with Crippen molar-refractivity contribution in [1.82, 2.24) is 0 Å². The molecule has 2 N–H and O–H groups in total. The minimum atomic E-state index is -0.968. The van der Waals surface area contributed by atoms with E-state index in [9.17, 15) is 19.8 Å². The van der Waals surface area contributed by atoms with E-state index < -0.39 is 17.4 Å². The van der Waals surface area contributed by atoms with Crippen molar-refractivity contribution in [2.24, 2.45) is 0 Å². The zero-order valence-corrected chi connectivity index (χ0v) is 22.2. The molecular weight excluding hydrogens is 508 g/mol. The molecule has 0 unspecified atom stereocenters. The molecule has 0 saturated heterocycles. The molecule has 41 heavy (non-hydrogen) atoms. The molecule has 198 valence electrons. The van der Waals surface area contributed by atoms with E-state index in [0.29, 0.717) is 11.1 Å². The minimum Gasteiger partial charge on any atom is -0.481 e. The summed E-state index contributed by atoms with van der Waals surface area (Å²) in [5, 5.41) is 24.1. The van der Waals surface area contributed by atoms with Crippen molar-refractivity contribution in [3.8, 4) is 11.1 Å². The van der Waals surface area contributed by atoms with Gasteiger partial charge in [0.05, 0.1) is 18.3 Å². The Kier molecular flexibility index (Phi) is 5.72. The van der Waals surface area contributed by atoms with Gasteiger partial charge in [-0.3, -0.25) is 9.59 Å². The Morgan fingerprint density at radius 1 is 0.488 bits per heavy atom. The number of carboxylic acids is 2. The van der Waals surface area contributed by atoms with Gasteiger partial charge in [-0.25, -0.2) is 0 Å². The minimum absolute atomic E-state index is 0.161. The summed E-state index contributed by atoms with van der Waals surface area (Å²) in [6, 6.07) is 40.5. The van der Waals surface area contributed by atoms with Crippen LogP contribution in [0.1, 0.15) is 33.4 Å². The molecule has 1 aliphatic carbocycles. The van der Waals surface area contributed by atoms with Crippen molar-refractivity contribution in [3.63, 3.8) is 0 Å². The first kappa shape index (κ1) is 24.8. The number of hydrogen-bond acceptors (Lipinski definition) is 2. The molecule has 0 aliphatic heterocycles. The highest BCUT2D eigenvalue weighted by Crippen LogP contribution is 2.59. The summed E-state index contributed by atoms with van der Waals surface area (Å²) in [5.41, 5.74) is 6.38. The lowest BCUT2D eigenvalue weighted by atomic mass is 9.62. The summed E-state index contributed by atoms with van der Waals surface area (Å²) in [6.45, 7) is 0. The average Bonchev–Trinajstić information content (AvgIpc) is 3.27. The number of fused-ring (bicyclic) bond motifs is 5. The number of rotatable bonds is 6. The lowest BCUT2D eigenvalue weighted by Gasteiger charge is -2.38. The molecule has 0 spiro atoms. The predicted molar refractivity (Wildman–Crippen MR) is 161 cm³/mol. The zero-order chi connectivity index (χ0) is 28.1. The van der Waals surface area contributed by atoms with E-state index in [1.807, 2.05) is 84.9 Å². The molecule has 0 amide bonds. The molecule has 0 atom stereocenters. The summed E-state index contributed by atoms with van der Waals surface area (Å²) < 4.78 is 0. The summed E-state index contributed by atoms with van der Waals surface area (Å²) >= 11 is 0. The number of carboxylic acid groups (broad SMARTS) is 2. The molecule has 0 radical (unpaired) electrons. The second-order valence-electron chi connectivity index (χ2n) is 10.6. The Morgan fingerprint density at radius 3 is 1.32 bits per heavy atom. The lowest BCUT2D eigenvalue weighted by molar-refractivity contribution is -0.137. The summed E-state index contributed by atoms with van der Waals surface area (Å²) in [7, 11) is 0. The molecule has 0 heterocycles. The van der Waals surface area contributed by atoms with E-state index in [1.54, 1.807) is 0 Å². The second kappa shape index (κ2) is 9.46. The van der Waals surface area contributed by atoms with Crippen molar-refractivity contribution < 1.29 is 19.8 Å². The normalized spacial score (nSPS) is 13.2. The van der Waals surface area contributed by atoms with Gasteiger partial charge in [-0.1, -0.05) is 121 Å². The van der Waals surface area contributed by atoms with Gasteiger partial charge in [-0.15, -0.1) is 0 Å². The molecule has 0 aromatic heterocycles. The first-order chi connectivity index (χ1) is 20.0. The maximum absolute atomic E-state index is 12.4. The molecule has 0 fully saturated rings. The average molecular weight is 535 g/mol. The van der Waals surface area contributed by atoms with Gasteiger partial charge in [0.25, 0.3) is 0 Å². The quantitative estimate of drug-likeness (QED) is 0.230. The third-order valence-corrected chi connectivity index (χ3v) is 8.42. The monoisotopic (exact) mass is 534 g/mol. The van der Waals surface area contributed by atoms with E-state index in [4.69, 9.17) is 0 Å². The fourth-order valence-corrected chi connectivity index (χ4v) is 7.04. The smallest absolute Gasteiger partial charge is 0.307 e. The molecule has 6 aromatic carbocycles. The summed E-state index contributed by atoms with van der Waals surface area (Å²) in [4.78, 5) is 24.7. The molecule has 4 heteroatoms. The Labute approximate surface area is 237 Å². The van der Waals surface area contributed by atoms with Crippen LogP contribution in [0.2, 0.25) is 0 Å². The fourth-order valence-electron chi connectivity index (χ4n) is 7.04. The third-order valence-electron chi connectivity index (χ3n) is 8.42. The SMILES string of the molecule is O=C(O)Cc1ccc2ccccc2c1C1(c2c(CC(=O)O)ccc3ccccc23)c2ccccc2-c2ccccc21. The van der Waals surface area contributed by atoms with Gasteiger partial charge in [0, 0.05) is 0 Å². The van der Waals surface area contributed by atoms with E-state index in [2.05, 4.69) is 36.4 Å². The molecular formula is C37H26O4. The topological polar surface area (TPSA) is 74.6 Å². The van der Waals surface area contributed by atoms with Crippen LogP contribution < -0.4 is 0 Å². The highest BCUT2D eigenvalue weighted by molar-refractivity contribution is 6.00. The van der Waals surface area contributed by atoms with E-state index >= 15 is 0 Å². The standard InChI is InChI=1S/C37H26O4/c38-33(39)21-25-19-17-23-9-1-3-11-27(23)35(25)37(31-15-7-5-13-29(31)30-14-6-8-16-32(30)37)36-26(22-34(40)41)20-18-24-10-2-4-12-28(24)36/h1-20H,21-22H2,(H,38,39)(H,40,41). The Morgan fingerprint density at radius 2 is 0.878 bits per heavy atom. The van der Waals surface area contributed by atoms with Gasteiger partial charge in [-0.05, 0) is 66.1 Å². The lowest BCUT2D eigenvalue weighted by Crippen LogP contribution is -2.33. The molecule has 1 aliphatic rings. The van der Waals surface area contributed by atoms with Crippen LogP contribution in [0.5, 0.6) is 0 Å². The Balaban J connectivity index is 1.80. The first-order valence-corrected chi connectivity index (χ1v) is 13.7. The van der Waals surface area contributed by atoms with Crippen LogP contribution >= 0.6 is 0 Å². The Hall–Kier alpha value is -5.22. The van der Waals surface area contributed by atoms with Crippen molar-refractivity contribution in [2.45, 2.75) is 18.3 Å². The van der Waals surface area contributed by atoms with Gasteiger partial charge in [0.15, 0.2) is 0 Å². The third kappa shape index (κ3) is 3.68. The first-order valence-electron chi connectivity index (χ1n) is 13.7. The maximum atomic E-state index is 12.4. The van der Waals surface area contributed by atoms with Crippen molar-refractivity contribution in [2.75, 3.05) is 0 Å². The summed E-state index contributed by atoms with van der Waals surface area (Å²) in [5.74, 6) is -1.83. The molecule has 6 aromatic rings. The highest BCUT2D eigenvalue weighted by atomic mass is 16.4. The largest absolute Gasteiger partial charge is 0.481 e. The van der Waals surface area contributed by atoms with E-state index in [0.717, 1.165) is 54.9 Å². The second-order valence-corrected chi connectivity index (χ2v) is 10.6. The van der Waals surface area contributed by atoms with Crippen LogP contribution in [0.15, 0.2) is 121 Å². The number of carbonyl (C=O) groups is 2. The van der Waals surface area contributed by atoms with Gasteiger partial charge < -0.3 is 10.2 Å². The van der Waals surface area contributed by atoms with Crippen LogP contribution in [-0.2, 0) is 27.8 Å². The van der Waals surface area contributed by atoms with Gasteiger partial charge in [-0.2, -0.15) is 0 Å². The van der Waals surface area contributed by atoms with Crippen LogP contribution in [0.25, 0.3) is 32.7 Å². The number of benzene rings is 6. The Bertz CT molecular complexity index is 1870. The van der Waals surface area contributed by atoms with Crippen LogP contribution in [0, 0.1) is 0 Å². The van der Waals surface area contributed by atoms with E-state index in [1.165, 1.54) is 0 Å². The van der Waals surface area contributed by atoms with Gasteiger partial charge in [0.1, 0.15) is 0 Å². The van der Waals surface area contributed by atoms with Crippen molar-refractivity contribution >= 4 is 33.5 Å². The number of aliphatic carboxylic acids is 2. The predicted octanol–water partition coefficient (Wildman–Crippen LogP) is 7.61. The van der Waals surface area contributed by atoms with Crippen molar-refractivity contribution in [1.29, 1.82) is 0 Å². The van der Waals surface area contributed by atoms with Crippen LogP contribution in [-0.4, -0.2) is 22.2 Å². The van der Waals surface area contributed by atoms with Crippen LogP contribution in [0.4, 0.5) is 0 Å². The fraction of sp³-hybridized carbons (Fsp3) is 0.0811. The van der Waals surface area contributed by atoms with Crippen LogP contribution in [0.3, 0.4) is 0 Å². The highest BCUT2D eigenvalue weighted by Gasteiger charge is 2.49. The zero-order valence-electron chi connectivity index (χ0n) is 22.2. The van der Waals surface area contributed by atoms with Gasteiger partial charge >= 0.3 is 11.9 Å². The maximum Gasteiger partial charge on any atom is 0.307 e. The van der Waals surface area contributed by atoms with Crippen molar-refractivity contribution in [3.05, 3.63) is 155 Å². The molecule has 7 rings (SSSR count). The number of hydrogen-bond donors (Lipinski definition) is 2. The molecule has 4 nitrogen and oxygen atoms in total.